The Bertz CT molecular complexity index is 4870. The van der Waals surface area contributed by atoms with Crippen LogP contribution in [0.15, 0.2) is 146 Å². The minimum absolute atomic E-state index is 0.0879. The smallest absolute Gasteiger partial charge is 0.126 e. The minimum atomic E-state index is -0.369. The van der Waals surface area contributed by atoms with Crippen LogP contribution in [0.4, 0.5) is 0 Å². The molecule has 8 heteroatoms. The number of fused-ring (bicyclic) bond motifs is 16. The van der Waals surface area contributed by atoms with E-state index < -0.39 is 0 Å². The molecule has 0 spiro atoms. The summed E-state index contributed by atoms with van der Waals surface area (Å²) >= 11 is 0. The predicted octanol–water partition coefficient (Wildman–Crippen LogP) is 25.1. The summed E-state index contributed by atoms with van der Waals surface area (Å²) in [5, 5.41) is 79.2. The second-order valence-electron chi connectivity index (χ2n) is 41.1. The van der Waals surface area contributed by atoms with Crippen LogP contribution < -0.4 is 9.47 Å². The molecular formula is C104H128O8. The van der Waals surface area contributed by atoms with Gasteiger partial charge in [-0.3, -0.25) is 0 Å². The number of phenols is 6. The van der Waals surface area contributed by atoms with Crippen molar-refractivity contribution in [3.8, 4) is 46.0 Å². The summed E-state index contributed by atoms with van der Waals surface area (Å²) in [4.78, 5) is 0. The Balaban J connectivity index is 1.22. The summed E-state index contributed by atoms with van der Waals surface area (Å²) in [5.74, 6) is 2.09. The first-order valence-corrected chi connectivity index (χ1v) is 40.6. The number of hydrogen-bond acceptors (Lipinski definition) is 8. The molecule has 10 aromatic carbocycles. The molecule has 1 aliphatic rings. The van der Waals surface area contributed by atoms with Crippen LogP contribution in [-0.2, 0) is 108 Å². The third-order valence-corrected chi connectivity index (χ3v) is 23.1. The summed E-state index contributed by atoms with van der Waals surface area (Å²) in [6.07, 6.45) is 1.99. The third kappa shape index (κ3) is 19.1. The topological polar surface area (TPSA) is 140 Å². The molecule has 592 valence electrons. The van der Waals surface area contributed by atoms with Gasteiger partial charge in [0, 0.05) is 51.4 Å². The highest BCUT2D eigenvalue weighted by Gasteiger charge is 2.33. The van der Waals surface area contributed by atoms with Crippen LogP contribution in [0.3, 0.4) is 0 Å². The van der Waals surface area contributed by atoms with Crippen LogP contribution >= 0.6 is 0 Å². The Morgan fingerprint density at radius 2 is 0.330 bits per heavy atom. The van der Waals surface area contributed by atoms with Crippen LogP contribution in [-0.4, -0.2) is 30.6 Å². The van der Waals surface area contributed by atoms with Gasteiger partial charge < -0.3 is 40.1 Å². The van der Waals surface area contributed by atoms with E-state index in [0.29, 0.717) is 81.7 Å². The van der Waals surface area contributed by atoms with Crippen LogP contribution in [0.1, 0.15) is 322 Å². The van der Waals surface area contributed by atoms with E-state index in [9.17, 15) is 30.6 Å². The van der Waals surface area contributed by atoms with E-state index in [1.165, 1.54) is 0 Å². The third-order valence-electron chi connectivity index (χ3n) is 23.1. The van der Waals surface area contributed by atoms with Crippen molar-refractivity contribution in [3.63, 3.8) is 0 Å². The van der Waals surface area contributed by atoms with Gasteiger partial charge in [-0.1, -0.05) is 323 Å². The van der Waals surface area contributed by atoms with Crippen molar-refractivity contribution in [1.82, 2.24) is 0 Å². The summed E-state index contributed by atoms with van der Waals surface area (Å²) in [7, 11) is 0. The van der Waals surface area contributed by atoms with Crippen molar-refractivity contribution in [1.29, 1.82) is 0 Å². The van der Waals surface area contributed by atoms with Crippen LogP contribution in [0.5, 0.6) is 46.0 Å². The predicted molar refractivity (Wildman–Crippen MR) is 465 cm³/mol. The molecule has 0 saturated heterocycles. The number of phenolic OH excluding ortho intramolecular Hbond substituents is 6. The first-order valence-electron chi connectivity index (χ1n) is 40.6. The summed E-state index contributed by atoms with van der Waals surface area (Å²) in [5.41, 5.74) is 21.4. The highest BCUT2D eigenvalue weighted by molar-refractivity contribution is 5.63. The van der Waals surface area contributed by atoms with E-state index in [1.807, 2.05) is 0 Å². The molecule has 0 aliphatic heterocycles. The van der Waals surface area contributed by atoms with Gasteiger partial charge in [0.15, 0.2) is 0 Å². The number of hydrogen-bond donors (Lipinski definition) is 6. The molecule has 0 unspecified atom stereocenters. The van der Waals surface area contributed by atoms with E-state index >= 15 is 0 Å². The normalized spacial score (nSPS) is 13.8. The maximum atomic E-state index is 13.5. The fourth-order valence-electron chi connectivity index (χ4n) is 15.4. The number of aromatic hydroxyl groups is 6. The molecule has 0 atom stereocenters. The van der Waals surface area contributed by atoms with E-state index in [-0.39, 0.29) is 117 Å². The zero-order valence-corrected chi connectivity index (χ0v) is 72.4. The van der Waals surface area contributed by atoms with Gasteiger partial charge in [0.1, 0.15) is 59.2 Å². The van der Waals surface area contributed by atoms with E-state index in [1.54, 1.807) is 0 Å². The zero-order valence-electron chi connectivity index (χ0n) is 72.4. The highest BCUT2D eigenvalue weighted by atomic mass is 16.5. The van der Waals surface area contributed by atoms with E-state index in [2.05, 4.69) is 326 Å². The Morgan fingerprint density at radius 1 is 0.205 bits per heavy atom. The van der Waals surface area contributed by atoms with Gasteiger partial charge in [-0.15, -0.1) is 0 Å². The summed E-state index contributed by atoms with van der Waals surface area (Å²) in [6, 6.07) is 51.2. The molecule has 0 aromatic heterocycles. The Kier molecular flexibility index (Phi) is 23.0. The minimum Gasteiger partial charge on any atom is -0.507 e. The fraction of sp³-hybridized carbons (Fsp3) is 0.423. The lowest BCUT2D eigenvalue weighted by Gasteiger charge is -2.28. The zero-order chi connectivity index (χ0) is 82.2. The summed E-state index contributed by atoms with van der Waals surface area (Å²) < 4.78 is 14.7. The standard InChI is InChI=1S/C104H128O8/c1-61-27-31-63(32-28-61)59-111-95-77-39-73-51-84(100(12,13)14)49-71(92(73)108)37-69-47-82(98(6,7)8)45-67(90(69)106)35-65-43-81(97(3,4)5)44-66(89(65)105)36-68-46-83(99(9,10)11)48-70(91(68)107)38-72-50-85(101(15,16)17)52-74(93(72)109)40-78-56-88(104(24,25)26)58-80(96(78)112-60-64-33-29-62(2)30-34-64)42-76-54-86(102(18,19)20)53-75(94(76)110)41-79(95)57-87(55-77)103(21,22)23/h27-34,43-58,105-110H,35-42,59-60H2,1-26H3. The Labute approximate surface area is 671 Å². The van der Waals surface area contributed by atoms with Crippen LogP contribution in [0.25, 0.3) is 0 Å². The van der Waals surface area contributed by atoms with Crippen molar-refractivity contribution in [2.75, 3.05) is 0 Å². The van der Waals surface area contributed by atoms with Gasteiger partial charge in [-0.25, -0.2) is 0 Å². The van der Waals surface area contributed by atoms with Gasteiger partial charge in [0.25, 0.3) is 0 Å². The van der Waals surface area contributed by atoms with Gasteiger partial charge in [0.05, 0.1) is 0 Å². The van der Waals surface area contributed by atoms with E-state index in [4.69, 9.17) is 9.47 Å². The molecule has 16 bridgehead atoms. The molecular weight excluding hydrogens is 1380 g/mol. The average Bonchev–Trinajstić information content (AvgIpc) is 0.776. The monoisotopic (exact) mass is 1500 g/mol. The van der Waals surface area contributed by atoms with Crippen molar-refractivity contribution in [3.05, 3.63) is 301 Å². The van der Waals surface area contributed by atoms with Gasteiger partial charge in [-0.05, 0) is 202 Å². The molecule has 0 heterocycles. The summed E-state index contributed by atoms with van der Waals surface area (Å²) in [6.45, 7) is 57.4. The first-order chi connectivity index (χ1) is 51.8. The Morgan fingerprint density at radius 3 is 0.464 bits per heavy atom. The molecule has 11 rings (SSSR count). The van der Waals surface area contributed by atoms with Gasteiger partial charge in [-0.2, -0.15) is 0 Å². The van der Waals surface area contributed by atoms with Crippen molar-refractivity contribution in [2.24, 2.45) is 0 Å². The first kappa shape index (κ1) is 83.5. The molecule has 112 heavy (non-hydrogen) atoms. The molecule has 0 fully saturated rings. The molecule has 0 saturated carbocycles. The van der Waals surface area contributed by atoms with Crippen LogP contribution in [0.2, 0.25) is 0 Å². The second kappa shape index (κ2) is 30.8. The highest BCUT2D eigenvalue weighted by Crippen LogP contribution is 2.48. The van der Waals surface area contributed by atoms with Crippen molar-refractivity contribution >= 4 is 0 Å². The number of benzene rings is 10. The number of aryl methyl sites for hydroxylation is 2. The van der Waals surface area contributed by atoms with E-state index in [0.717, 1.165) is 111 Å². The largest absolute Gasteiger partial charge is 0.507 e. The SMILES string of the molecule is Cc1ccc(COc2c3cc(C(C)(C)C)cc2Cc2cc(C(C)(C)C)cc(c2O)Cc2cc(C(C)(C)C)cc(c2OCc2ccc(C)cc2)Cc2cc(C(C)(C)C)cc(c2O)Cc2cc(C(C)(C)C)cc(c2O)Cc2cc(C(C)(C)C)cc(c2O)Cc2cc(C(C)(C)C)cc(c2O)Cc2cc(C(C)(C)C)cc(c2O)C3)cc1. The maximum Gasteiger partial charge on any atom is 0.126 e. The maximum absolute atomic E-state index is 13.5. The molecule has 10 aromatic rings. The lowest BCUT2D eigenvalue weighted by Crippen LogP contribution is -2.16. The number of ether oxygens (including phenoxy) is 2. The quantitative estimate of drug-likeness (QED) is 0.0968. The Hall–Kier alpha value is -9.40. The van der Waals surface area contributed by atoms with Gasteiger partial charge in [0.2, 0.25) is 0 Å². The molecule has 0 amide bonds. The molecule has 8 nitrogen and oxygen atoms in total. The van der Waals surface area contributed by atoms with Crippen molar-refractivity contribution in [2.45, 2.75) is 288 Å². The van der Waals surface area contributed by atoms with Gasteiger partial charge >= 0.3 is 0 Å². The molecule has 1 aliphatic carbocycles. The molecule has 0 radical (unpaired) electrons. The lowest BCUT2D eigenvalue weighted by molar-refractivity contribution is 0.300. The number of rotatable bonds is 6. The van der Waals surface area contributed by atoms with Crippen LogP contribution in [0, 0.1) is 13.8 Å². The molecule has 6 N–H and O–H groups in total. The second-order valence-corrected chi connectivity index (χ2v) is 41.1. The fourth-order valence-corrected chi connectivity index (χ4v) is 15.4. The average molecular weight is 1510 g/mol. The van der Waals surface area contributed by atoms with Crippen molar-refractivity contribution < 1.29 is 40.1 Å². The lowest BCUT2D eigenvalue weighted by atomic mass is 9.79.